The van der Waals surface area contributed by atoms with E-state index in [1.165, 1.54) is 0 Å². The first kappa shape index (κ1) is 12.2. The Morgan fingerprint density at radius 3 is 2.95 bits per heavy atom. The molecule has 0 radical (unpaired) electrons. The standard InChI is InChI=1S/C14H17N3O2/c1-14(7-8-15-10-14)13-16-12(17-19-13)9-18-11-5-3-2-4-6-11/h2-6,15H,7-10H2,1H3. The molecule has 0 aliphatic carbocycles. The molecule has 1 fully saturated rings. The van der Waals surface area contributed by atoms with Crippen LogP contribution in [0.3, 0.4) is 0 Å². The Labute approximate surface area is 112 Å². The quantitative estimate of drug-likeness (QED) is 0.908. The Kier molecular flexibility index (Phi) is 3.21. The van der Waals surface area contributed by atoms with Crippen LogP contribution in [0.1, 0.15) is 25.1 Å². The maximum Gasteiger partial charge on any atom is 0.234 e. The van der Waals surface area contributed by atoms with Crippen molar-refractivity contribution in [1.82, 2.24) is 15.5 Å². The lowest BCUT2D eigenvalue weighted by atomic mass is 9.90. The molecule has 1 aromatic heterocycles. The van der Waals surface area contributed by atoms with E-state index in [2.05, 4.69) is 22.4 Å². The largest absolute Gasteiger partial charge is 0.485 e. The molecule has 1 atom stereocenters. The molecule has 3 rings (SSSR count). The lowest BCUT2D eigenvalue weighted by Gasteiger charge is -2.15. The Morgan fingerprint density at radius 1 is 1.37 bits per heavy atom. The molecule has 1 saturated heterocycles. The molecular weight excluding hydrogens is 242 g/mol. The van der Waals surface area contributed by atoms with Gasteiger partial charge in [-0.1, -0.05) is 23.4 Å². The van der Waals surface area contributed by atoms with Crippen LogP contribution in [0.4, 0.5) is 0 Å². The van der Waals surface area contributed by atoms with E-state index in [0.717, 1.165) is 25.3 Å². The van der Waals surface area contributed by atoms with Gasteiger partial charge >= 0.3 is 0 Å². The minimum absolute atomic E-state index is 0.0437. The minimum atomic E-state index is -0.0437. The van der Waals surface area contributed by atoms with Crippen LogP contribution in [0.5, 0.6) is 5.75 Å². The summed E-state index contributed by atoms with van der Waals surface area (Å²) in [6, 6.07) is 9.63. The van der Waals surface area contributed by atoms with Crippen LogP contribution in [0.2, 0.25) is 0 Å². The first-order valence-corrected chi connectivity index (χ1v) is 6.48. The normalized spacial score (nSPS) is 22.6. The average Bonchev–Trinajstić information content (AvgIpc) is 3.07. The van der Waals surface area contributed by atoms with E-state index in [1.54, 1.807) is 0 Å². The highest BCUT2D eigenvalue weighted by molar-refractivity contribution is 5.21. The van der Waals surface area contributed by atoms with Gasteiger partial charge in [0.2, 0.25) is 11.7 Å². The van der Waals surface area contributed by atoms with Crippen molar-refractivity contribution in [2.24, 2.45) is 0 Å². The molecule has 0 saturated carbocycles. The van der Waals surface area contributed by atoms with Crippen molar-refractivity contribution in [3.8, 4) is 5.75 Å². The predicted octanol–water partition coefficient (Wildman–Crippen LogP) is 1.90. The van der Waals surface area contributed by atoms with Crippen molar-refractivity contribution < 1.29 is 9.26 Å². The molecule has 5 heteroatoms. The number of benzene rings is 1. The van der Waals surface area contributed by atoms with E-state index < -0.39 is 0 Å². The van der Waals surface area contributed by atoms with Crippen LogP contribution < -0.4 is 10.1 Å². The van der Waals surface area contributed by atoms with Gasteiger partial charge in [0.05, 0.1) is 5.41 Å². The highest BCUT2D eigenvalue weighted by Gasteiger charge is 2.36. The lowest BCUT2D eigenvalue weighted by Crippen LogP contribution is -2.25. The summed E-state index contributed by atoms with van der Waals surface area (Å²) < 4.78 is 11.0. The van der Waals surface area contributed by atoms with Crippen molar-refractivity contribution in [3.63, 3.8) is 0 Å². The molecule has 1 aliphatic rings. The predicted molar refractivity (Wildman–Crippen MR) is 69.9 cm³/mol. The second-order valence-corrected chi connectivity index (χ2v) is 5.10. The van der Waals surface area contributed by atoms with Crippen LogP contribution in [0.15, 0.2) is 34.9 Å². The first-order chi connectivity index (χ1) is 9.26. The third-order valence-corrected chi connectivity index (χ3v) is 3.46. The smallest absolute Gasteiger partial charge is 0.234 e. The fraction of sp³-hybridized carbons (Fsp3) is 0.429. The van der Waals surface area contributed by atoms with Crippen molar-refractivity contribution >= 4 is 0 Å². The molecule has 1 aliphatic heterocycles. The minimum Gasteiger partial charge on any atom is -0.485 e. The summed E-state index contributed by atoms with van der Waals surface area (Å²) in [6.45, 7) is 4.35. The fourth-order valence-electron chi connectivity index (χ4n) is 2.22. The number of nitrogens with one attached hydrogen (secondary N) is 1. The highest BCUT2D eigenvalue weighted by Crippen LogP contribution is 2.28. The summed E-state index contributed by atoms with van der Waals surface area (Å²) in [5, 5.41) is 7.30. The van der Waals surface area contributed by atoms with Gasteiger partial charge in [0.1, 0.15) is 5.75 Å². The van der Waals surface area contributed by atoms with Crippen molar-refractivity contribution in [3.05, 3.63) is 42.0 Å². The Morgan fingerprint density at radius 2 is 2.21 bits per heavy atom. The van der Waals surface area contributed by atoms with Crippen LogP contribution in [-0.2, 0) is 12.0 Å². The van der Waals surface area contributed by atoms with Crippen molar-refractivity contribution in [1.29, 1.82) is 0 Å². The van der Waals surface area contributed by atoms with Crippen molar-refractivity contribution in [2.75, 3.05) is 13.1 Å². The van der Waals surface area contributed by atoms with Crippen LogP contribution >= 0.6 is 0 Å². The number of hydrogen-bond donors (Lipinski definition) is 1. The number of para-hydroxylation sites is 1. The summed E-state index contributed by atoms with van der Waals surface area (Å²) >= 11 is 0. The Bertz CT molecular complexity index is 533. The van der Waals surface area contributed by atoms with Gasteiger partial charge in [0.15, 0.2) is 6.61 Å². The van der Waals surface area contributed by atoms with Gasteiger partial charge in [-0.3, -0.25) is 0 Å². The molecule has 0 bridgehead atoms. The summed E-state index contributed by atoms with van der Waals surface area (Å²) in [4.78, 5) is 4.44. The number of hydrogen-bond acceptors (Lipinski definition) is 5. The summed E-state index contributed by atoms with van der Waals surface area (Å²) in [5.74, 6) is 2.10. The molecule has 2 heterocycles. The Balaban J connectivity index is 1.65. The van der Waals surface area contributed by atoms with Crippen LogP contribution in [0, 0.1) is 0 Å². The third-order valence-electron chi connectivity index (χ3n) is 3.46. The van der Waals surface area contributed by atoms with Gasteiger partial charge in [0.25, 0.3) is 0 Å². The van der Waals surface area contributed by atoms with Crippen molar-refractivity contribution in [2.45, 2.75) is 25.4 Å². The van der Waals surface area contributed by atoms with Gasteiger partial charge in [0, 0.05) is 6.54 Å². The number of nitrogens with zero attached hydrogens (tertiary/aromatic N) is 2. The van der Waals surface area contributed by atoms with E-state index in [-0.39, 0.29) is 5.41 Å². The monoisotopic (exact) mass is 259 g/mol. The fourth-order valence-corrected chi connectivity index (χ4v) is 2.22. The second-order valence-electron chi connectivity index (χ2n) is 5.10. The van der Waals surface area contributed by atoms with Gasteiger partial charge in [-0.15, -0.1) is 0 Å². The zero-order valence-corrected chi connectivity index (χ0v) is 10.9. The van der Waals surface area contributed by atoms with E-state index >= 15 is 0 Å². The zero-order valence-electron chi connectivity index (χ0n) is 10.9. The number of ether oxygens (including phenoxy) is 1. The van der Waals surface area contributed by atoms with E-state index in [4.69, 9.17) is 9.26 Å². The molecule has 0 amide bonds. The van der Waals surface area contributed by atoms with E-state index in [9.17, 15) is 0 Å². The van der Waals surface area contributed by atoms with Gasteiger partial charge in [-0.05, 0) is 32.0 Å². The van der Waals surface area contributed by atoms with E-state index in [0.29, 0.717) is 18.3 Å². The SMILES string of the molecule is CC1(c2nc(COc3ccccc3)no2)CCNC1. The molecule has 100 valence electrons. The molecule has 1 aromatic carbocycles. The maximum absolute atomic E-state index is 5.60. The summed E-state index contributed by atoms with van der Waals surface area (Å²) in [6.07, 6.45) is 1.02. The molecule has 1 N–H and O–H groups in total. The topological polar surface area (TPSA) is 60.2 Å². The molecule has 19 heavy (non-hydrogen) atoms. The third kappa shape index (κ3) is 2.61. The maximum atomic E-state index is 5.60. The molecular formula is C14H17N3O2. The van der Waals surface area contributed by atoms with Gasteiger partial charge in [-0.25, -0.2) is 0 Å². The molecule has 1 unspecified atom stereocenters. The highest BCUT2D eigenvalue weighted by atomic mass is 16.5. The lowest BCUT2D eigenvalue weighted by molar-refractivity contribution is 0.277. The van der Waals surface area contributed by atoms with E-state index in [1.807, 2.05) is 30.3 Å². The van der Waals surface area contributed by atoms with Crippen LogP contribution in [-0.4, -0.2) is 23.2 Å². The zero-order chi connectivity index (χ0) is 13.1. The van der Waals surface area contributed by atoms with Gasteiger partial charge in [-0.2, -0.15) is 4.98 Å². The van der Waals surface area contributed by atoms with Crippen LogP contribution in [0.25, 0.3) is 0 Å². The second kappa shape index (κ2) is 5.01. The summed E-state index contributed by atoms with van der Waals surface area (Å²) in [5.41, 5.74) is -0.0437. The molecule has 2 aromatic rings. The average molecular weight is 259 g/mol. The number of rotatable bonds is 4. The van der Waals surface area contributed by atoms with Gasteiger partial charge < -0.3 is 14.6 Å². The number of aromatic nitrogens is 2. The summed E-state index contributed by atoms with van der Waals surface area (Å²) in [7, 11) is 0. The Hall–Kier alpha value is -1.88. The molecule has 0 spiro atoms. The molecule has 5 nitrogen and oxygen atoms in total. The first-order valence-electron chi connectivity index (χ1n) is 6.48.